The number of anilines is 1. The molecule has 0 saturated heterocycles. The molecule has 1 aromatic heterocycles. The molecule has 3 rings (SSSR count). The van der Waals surface area contributed by atoms with E-state index in [0.29, 0.717) is 11.4 Å². The van der Waals surface area contributed by atoms with Crippen LogP contribution in [-0.4, -0.2) is 28.9 Å². The lowest BCUT2D eigenvalue weighted by Crippen LogP contribution is -2.28. The number of halogens is 3. The van der Waals surface area contributed by atoms with Gasteiger partial charge in [0.1, 0.15) is 17.7 Å². The van der Waals surface area contributed by atoms with Gasteiger partial charge in [-0.25, -0.2) is 4.68 Å². The zero-order chi connectivity index (χ0) is 22.6. The summed E-state index contributed by atoms with van der Waals surface area (Å²) in [4.78, 5) is 12.6. The monoisotopic (exact) mass is 433 g/mol. The van der Waals surface area contributed by atoms with Gasteiger partial charge in [-0.05, 0) is 49.7 Å². The molecule has 1 amide bonds. The maximum absolute atomic E-state index is 13.1. The lowest BCUT2D eigenvalue weighted by molar-refractivity contribution is -0.137. The first-order valence-corrected chi connectivity index (χ1v) is 9.47. The Morgan fingerprint density at radius 3 is 2.61 bits per heavy atom. The molecule has 2 aromatic carbocycles. The number of methoxy groups -OCH3 is 1. The average Bonchev–Trinajstić information content (AvgIpc) is 3.11. The Bertz CT molecular complexity index is 1060. The fourth-order valence-electron chi connectivity index (χ4n) is 2.89. The third-order valence-corrected chi connectivity index (χ3v) is 4.50. The summed E-state index contributed by atoms with van der Waals surface area (Å²) < 4.78 is 51.2. The number of rotatable bonds is 7. The van der Waals surface area contributed by atoms with Crippen LogP contribution in [0.2, 0.25) is 0 Å². The smallest absolute Gasteiger partial charge is 0.416 e. The summed E-state index contributed by atoms with van der Waals surface area (Å²) in [7, 11) is 1.56. The van der Waals surface area contributed by atoms with Crippen molar-refractivity contribution in [2.24, 2.45) is 0 Å². The highest BCUT2D eigenvalue weighted by molar-refractivity contribution is 5.93. The van der Waals surface area contributed by atoms with Gasteiger partial charge in [0.25, 0.3) is 5.91 Å². The number of benzene rings is 2. The minimum atomic E-state index is -4.48. The Morgan fingerprint density at radius 2 is 1.90 bits per heavy atom. The number of carbonyl (C=O) groups excluding carboxylic acids is 1. The highest BCUT2D eigenvalue weighted by Gasteiger charge is 2.30. The van der Waals surface area contributed by atoms with E-state index in [9.17, 15) is 18.0 Å². The first-order valence-electron chi connectivity index (χ1n) is 9.47. The Morgan fingerprint density at radius 1 is 1.16 bits per heavy atom. The second kappa shape index (κ2) is 9.22. The summed E-state index contributed by atoms with van der Waals surface area (Å²) in [6.07, 6.45) is -5.29. The Balaban J connectivity index is 1.72. The van der Waals surface area contributed by atoms with E-state index < -0.39 is 23.8 Å². The Hall–Kier alpha value is -3.33. The van der Waals surface area contributed by atoms with Gasteiger partial charge in [0.15, 0.2) is 0 Å². The second-order valence-electron chi connectivity index (χ2n) is 6.92. The van der Waals surface area contributed by atoms with E-state index in [4.69, 9.17) is 9.47 Å². The molecule has 0 radical (unpaired) electrons. The fourth-order valence-corrected chi connectivity index (χ4v) is 2.89. The highest BCUT2D eigenvalue weighted by atomic mass is 19.4. The number of nitrogens with one attached hydrogen (secondary N) is 1. The number of aromatic nitrogens is 2. The van der Waals surface area contributed by atoms with Crippen LogP contribution in [0.3, 0.4) is 0 Å². The van der Waals surface area contributed by atoms with Crippen LogP contribution in [0.15, 0.2) is 54.6 Å². The van der Waals surface area contributed by atoms with Crippen LogP contribution in [0.4, 0.5) is 19.0 Å². The van der Waals surface area contributed by atoms with Crippen molar-refractivity contribution in [2.45, 2.75) is 32.7 Å². The van der Waals surface area contributed by atoms with E-state index >= 15 is 0 Å². The van der Waals surface area contributed by atoms with Gasteiger partial charge in [-0.15, -0.1) is 0 Å². The number of carbonyl (C=O) groups is 1. The number of alkyl halides is 3. The van der Waals surface area contributed by atoms with Gasteiger partial charge in [-0.2, -0.15) is 18.3 Å². The van der Waals surface area contributed by atoms with E-state index in [1.165, 1.54) is 16.8 Å². The molecule has 0 aliphatic heterocycles. The molecule has 164 valence electrons. The van der Waals surface area contributed by atoms with Gasteiger partial charge >= 0.3 is 6.18 Å². The van der Waals surface area contributed by atoms with E-state index in [-0.39, 0.29) is 18.1 Å². The molecule has 0 aliphatic carbocycles. The van der Waals surface area contributed by atoms with Crippen molar-refractivity contribution in [2.75, 3.05) is 12.4 Å². The van der Waals surface area contributed by atoms with Crippen LogP contribution in [0.5, 0.6) is 5.75 Å². The third kappa shape index (κ3) is 5.64. The van der Waals surface area contributed by atoms with Crippen molar-refractivity contribution in [3.8, 4) is 11.4 Å². The lowest BCUT2D eigenvalue weighted by atomic mass is 10.2. The largest absolute Gasteiger partial charge is 0.497 e. The molecule has 0 saturated carbocycles. The van der Waals surface area contributed by atoms with Gasteiger partial charge < -0.3 is 14.8 Å². The van der Waals surface area contributed by atoms with Crippen molar-refractivity contribution in [1.82, 2.24) is 9.78 Å². The van der Waals surface area contributed by atoms with Crippen LogP contribution in [0.25, 0.3) is 5.69 Å². The topological polar surface area (TPSA) is 65.4 Å². The number of hydrogen-bond acceptors (Lipinski definition) is 4. The minimum Gasteiger partial charge on any atom is -0.497 e. The Kier molecular flexibility index (Phi) is 6.65. The van der Waals surface area contributed by atoms with Crippen molar-refractivity contribution >= 4 is 11.7 Å². The molecule has 6 nitrogen and oxygen atoms in total. The maximum atomic E-state index is 13.1. The van der Waals surface area contributed by atoms with Crippen LogP contribution >= 0.6 is 0 Å². The van der Waals surface area contributed by atoms with E-state index in [1.807, 2.05) is 12.1 Å². The molecular weight excluding hydrogens is 411 g/mol. The molecule has 0 spiro atoms. The normalized spacial score (nSPS) is 12.5. The first-order chi connectivity index (χ1) is 14.7. The predicted molar refractivity (Wildman–Crippen MR) is 109 cm³/mol. The van der Waals surface area contributed by atoms with Gasteiger partial charge in [0.05, 0.1) is 30.7 Å². The third-order valence-electron chi connectivity index (χ3n) is 4.50. The number of nitrogens with zero attached hydrogens (tertiary/aromatic N) is 2. The molecule has 1 atom stereocenters. The van der Waals surface area contributed by atoms with Crippen LogP contribution < -0.4 is 10.1 Å². The van der Waals surface area contributed by atoms with E-state index in [0.717, 1.165) is 17.7 Å². The molecule has 3 aromatic rings. The van der Waals surface area contributed by atoms with Crippen LogP contribution in [0, 0.1) is 6.92 Å². The number of aryl methyl sites for hydroxylation is 1. The van der Waals surface area contributed by atoms with Gasteiger partial charge in [0.2, 0.25) is 0 Å². The fraction of sp³-hybridized carbons (Fsp3) is 0.273. The molecule has 9 heteroatoms. The Labute approximate surface area is 177 Å². The number of amides is 1. The van der Waals surface area contributed by atoms with Crippen LogP contribution in [0.1, 0.15) is 23.7 Å². The average molecular weight is 433 g/mol. The first kappa shape index (κ1) is 22.4. The summed E-state index contributed by atoms with van der Waals surface area (Å²) in [5, 5.41) is 6.89. The molecular formula is C22H22F3N3O3. The maximum Gasteiger partial charge on any atom is 0.416 e. The molecule has 0 bridgehead atoms. The molecule has 0 fully saturated rings. The molecule has 31 heavy (non-hydrogen) atoms. The molecule has 1 N–H and O–H groups in total. The van der Waals surface area contributed by atoms with Crippen molar-refractivity contribution in [1.29, 1.82) is 0 Å². The van der Waals surface area contributed by atoms with Crippen molar-refractivity contribution in [3.05, 3.63) is 71.4 Å². The zero-order valence-corrected chi connectivity index (χ0v) is 17.2. The summed E-state index contributed by atoms with van der Waals surface area (Å²) in [5.74, 6) is 0.480. The van der Waals surface area contributed by atoms with E-state index in [1.54, 1.807) is 39.2 Å². The number of ether oxygens (including phenoxy) is 2. The van der Waals surface area contributed by atoms with Gasteiger partial charge in [0, 0.05) is 6.07 Å². The standard InChI is InChI=1S/C22H22F3N3O3/c1-14-10-20(28(27-14)18-8-5-7-17(12-18)22(23,24)25)26-21(29)15(2)31-13-16-6-4-9-19(11-16)30-3/h4-12,15H,13H2,1-3H3,(H,26,29). The van der Waals surface area contributed by atoms with Gasteiger partial charge in [-0.1, -0.05) is 18.2 Å². The number of hydrogen-bond donors (Lipinski definition) is 1. The highest BCUT2D eigenvalue weighted by Crippen LogP contribution is 2.31. The molecule has 1 unspecified atom stereocenters. The van der Waals surface area contributed by atoms with Gasteiger partial charge in [-0.3, -0.25) is 4.79 Å². The molecule has 0 aliphatic rings. The predicted octanol–water partition coefficient (Wildman–Crippen LogP) is 4.75. The SMILES string of the molecule is COc1cccc(COC(C)C(=O)Nc2cc(C)nn2-c2cccc(C(F)(F)F)c2)c1. The summed E-state index contributed by atoms with van der Waals surface area (Å²) in [6, 6.07) is 13.6. The van der Waals surface area contributed by atoms with Crippen molar-refractivity contribution in [3.63, 3.8) is 0 Å². The summed E-state index contributed by atoms with van der Waals surface area (Å²) in [5.41, 5.74) is 0.759. The summed E-state index contributed by atoms with van der Waals surface area (Å²) in [6.45, 7) is 3.47. The minimum absolute atomic E-state index is 0.183. The lowest BCUT2D eigenvalue weighted by Gasteiger charge is -2.15. The van der Waals surface area contributed by atoms with E-state index in [2.05, 4.69) is 10.4 Å². The van der Waals surface area contributed by atoms with Crippen LogP contribution in [-0.2, 0) is 22.3 Å². The molecule has 1 heterocycles. The second-order valence-corrected chi connectivity index (χ2v) is 6.92. The summed E-state index contributed by atoms with van der Waals surface area (Å²) >= 11 is 0. The van der Waals surface area contributed by atoms with Crippen molar-refractivity contribution < 1.29 is 27.4 Å². The zero-order valence-electron chi connectivity index (χ0n) is 17.2. The quantitative estimate of drug-likeness (QED) is 0.584.